The molecule has 0 saturated carbocycles. The zero-order chi connectivity index (χ0) is 17.1. The molecule has 4 nitrogen and oxygen atoms in total. The molecule has 1 amide bonds. The van der Waals surface area contributed by atoms with Crippen molar-refractivity contribution in [1.82, 2.24) is 0 Å². The molecule has 0 saturated heterocycles. The minimum absolute atomic E-state index is 0.0396. The Morgan fingerprint density at radius 2 is 1.75 bits per heavy atom. The third-order valence-electron chi connectivity index (χ3n) is 4.06. The number of halogens is 2. The van der Waals surface area contributed by atoms with E-state index in [-0.39, 0.29) is 11.7 Å². The maximum Gasteiger partial charge on any atom is 0.387 e. The number of para-hydroxylation sites is 2. The van der Waals surface area contributed by atoms with Crippen LogP contribution in [0.15, 0.2) is 48.5 Å². The van der Waals surface area contributed by atoms with Gasteiger partial charge in [-0.1, -0.05) is 12.1 Å². The van der Waals surface area contributed by atoms with Crippen molar-refractivity contribution in [3.8, 4) is 5.75 Å². The molecule has 0 N–H and O–H groups in total. The fraction of sp³-hybridized carbons (Fsp3) is 0.278. The summed E-state index contributed by atoms with van der Waals surface area (Å²) in [6.45, 7) is 1.42. The Labute approximate surface area is 139 Å². The molecule has 1 heterocycles. The first-order chi connectivity index (χ1) is 11.6. The summed E-state index contributed by atoms with van der Waals surface area (Å²) < 4.78 is 28.7. The first kappa shape index (κ1) is 16.2. The van der Waals surface area contributed by atoms with Crippen LogP contribution in [-0.4, -0.2) is 32.2 Å². The summed E-state index contributed by atoms with van der Waals surface area (Å²) in [6, 6.07) is 13.6. The molecule has 6 heteroatoms. The maximum atomic E-state index is 12.8. The fourth-order valence-electron chi connectivity index (χ4n) is 2.90. The molecule has 0 bridgehead atoms. The van der Waals surface area contributed by atoms with E-state index in [1.807, 2.05) is 24.3 Å². The minimum atomic E-state index is -2.87. The number of carbonyl (C=O) groups excluding carboxylic acids is 1. The molecule has 0 aromatic heterocycles. The molecule has 3 rings (SSSR count). The highest BCUT2D eigenvalue weighted by Crippen LogP contribution is 2.33. The normalized spacial score (nSPS) is 13.8. The van der Waals surface area contributed by atoms with Gasteiger partial charge >= 0.3 is 6.61 Å². The van der Waals surface area contributed by atoms with Crippen LogP contribution < -0.4 is 14.5 Å². The molecule has 2 aromatic carbocycles. The van der Waals surface area contributed by atoms with Crippen molar-refractivity contribution in [3.05, 3.63) is 54.1 Å². The molecule has 0 radical (unpaired) electrons. The molecule has 1 aliphatic rings. The Balaban J connectivity index is 1.85. The highest BCUT2D eigenvalue weighted by molar-refractivity contribution is 6.08. The second-order valence-electron chi connectivity index (χ2n) is 5.43. The summed E-state index contributed by atoms with van der Waals surface area (Å²) in [5.41, 5.74) is 2.33. The van der Waals surface area contributed by atoms with Crippen LogP contribution in [-0.2, 0) is 0 Å². The first-order valence-corrected chi connectivity index (χ1v) is 7.81. The summed E-state index contributed by atoms with van der Waals surface area (Å²) >= 11 is 0. The van der Waals surface area contributed by atoms with Crippen molar-refractivity contribution in [1.29, 1.82) is 0 Å². The molecule has 0 atom stereocenters. The standard InChI is InChI=1S/C18H18F2N2O2/c1-2-21-11-12-22(16-6-4-3-5-15(16)21)17(23)13-7-9-14(10-8-13)24-18(19)20/h3-10,18H,2,11-12H2,1H3. The number of ether oxygens (including phenoxy) is 1. The number of amides is 1. The van der Waals surface area contributed by atoms with Gasteiger partial charge in [-0.15, -0.1) is 0 Å². The van der Waals surface area contributed by atoms with Crippen LogP contribution in [0.2, 0.25) is 0 Å². The number of fused-ring (bicyclic) bond motifs is 1. The van der Waals surface area contributed by atoms with Gasteiger partial charge in [0.05, 0.1) is 11.4 Å². The van der Waals surface area contributed by atoms with Crippen molar-refractivity contribution in [2.24, 2.45) is 0 Å². The van der Waals surface area contributed by atoms with Gasteiger partial charge < -0.3 is 14.5 Å². The molecule has 1 aliphatic heterocycles. The van der Waals surface area contributed by atoms with E-state index in [9.17, 15) is 13.6 Å². The summed E-state index contributed by atoms with van der Waals surface area (Å²) in [4.78, 5) is 16.8. The van der Waals surface area contributed by atoms with Crippen molar-refractivity contribution in [3.63, 3.8) is 0 Å². The van der Waals surface area contributed by atoms with Gasteiger partial charge in [0.25, 0.3) is 5.91 Å². The molecule has 0 aliphatic carbocycles. The first-order valence-electron chi connectivity index (χ1n) is 7.81. The quantitative estimate of drug-likeness (QED) is 0.854. The fourth-order valence-corrected chi connectivity index (χ4v) is 2.90. The van der Waals surface area contributed by atoms with Crippen LogP contribution in [0.5, 0.6) is 5.75 Å². The predicted octanol–water partition coefficient (Wildman–Crippen LogP) is 3.77. The lowest BCUT2D eigenvalue weighted by Gasteiger charge is -2.37. The Morgan fingerprint density at radius 3 is 2.38 bits per heavy atom. The lowest BCUT2D eigenvalue weighted by atomic mass is 10.1. The second kappa shape index (κ2) is 6.86. The number of anilines is 2. The Kier molecular flexibility index (Phi) is 4.64. The van der Waals surface area contributed by atoms with E-state index in [0.29, 0.717) is 12.1 Å². The van der Waals surface area contributed by atoms with Gasteiger partial charge in [-0.25, -0.2) is 0 Å². The Hall–Kier alpha value is -2.63. The van der Waals surface area contributed by atoms with Gasteiger partial charge in [0, 0.05) is 25.2 Å². The Morgan fingerprint density at radius 1 is 1.08 bits per heavy atom. The average molecular weight is 332 g/mol. The molecule has 2 aromatic rings. The van der Waals surface area contributed by atoms with Crippen molar-refractivity contribution < 1.29 is 18.3 Å². The number of rotatable bonds is 4. The third-order valence-corrected chi connectivity index (χ3v) is 4.06. The van der Waals surface area contributed by atoms with Crippen molar-refractivity contribution in [2.75, 3.05) is 29.4 Å². The maximum absolute atomic E-state index is 12.8. The number of alkyl halides is 2. The Bertz CT molecular complexity index is 719. The molecular formula is C18H18F2N2O2. The number of benzene rings is 2. The van der Waals surface area contributed by atoms with Crippen LogP contribution in [0.1, 0.15) is 17.3 Å². The summed E-state index contributed by atoms with van der Waals surface area (Å²) in [5, 5.41) is 0. The largest absolute Gasteiger partial charge is 0.435 e. The molecular weight excluding hydrogens is 314 g/mol. The highest BCUT2D eigenvalue weighted by atomic mass is 19.3. The zero-order valence-electron chi connectivity index (χ0n) is 13.3. The van der Waals surface area contributed by atoms with E-state index in [2.05, 4.69) is 16.6 Å². The molecule has 24 heavy (non-hydrogen) atoms. The third kappa shape index (κ3) is 3.18. The topological polar surface area (TPSA) is 32.8 Å². The molecule has 0 unspecified atom stereocenters. The lowest BCUT2D eigenvalue weighted by molar-refractivity contribution is -0.0498. The minimum Gasteiger partial charge on any atom is -0.435 e. The number of likely N-dealkylation sites (N-methyl/N-ethyl adjacent to an activating group) is 1. The SMILES string of the molecule is CCN1CCN(C(=O)c2ccc(OC(F)F)cc2)c2ccccc21. The number of nitrogens with zero attached hydrogens (tertiary/aromatic N) is 2. The number of carbonyl (C=O) groups is 1. The highest BCUT2D eigenvalue weighted by Gasteiger charge is 2.26. The van der Waals surface area contributed by atoms with Crippen molar-refractivity contribution >= 4 is 17.3 Å². The predicted molar refractivity (Wildman–Crippen MR) is 89.1 cm³/mol. The van der Waals surface area contributed by atoms with E-state index < -0.39 is 6.61 Å². The summed E-state index contributed by atoms with van der Waals surface area (Å²) in [5.74, 6) is -0.112. The zero-order valence-corrected chi connectivity index (χ0v) is 13.3. The van der Waals surface area contributed by atoms with Gasteiger partial charge in [0.2, 0.25) is 0 Å². The monoisotopic (exact) mass is 332 g/mol. The molecule has 126 valence electrons. The van der Waals surface area contributed by atoms with Crippen LogP contribution in [0.3, 0.4) is 0 Å². The summed E-state index contributed by atoms with van der Waals surface area (Å²) in [6.07, 6.45) is 0. The van der Waals surface area contributed by atoms with Crippen LogP contribution in [0, 0.1) is 0 Å². The smallest absolute Gasteiger partial charge is 0.387 e. The van der Waals surface area contributed by atoms with E-state index in [1.54, 1.807) is 4.90 Å². The van der Waals surface area contributed by atoms with Gasteiger partial charge in [0.15, 0.2) is 0 Å². The molecule has 0 fully saturated rings. The lowest BCUT2D eigenvalue weighted by Crippen LogP contribution is -2.44. The van der Waals surface area contributed by atoms with E-state index in [1.165, 1.54) is 24.3 Å². The average Bonchev–Trinajstić information content (AvgIpc) is 2.60. The number of hydrogen-bond donors (Lipinski definition) is 0. The summed E-state index contributed by atoms with van der Waals surface area (Å²) in [7, 11) is 0. The molecule has 0 spiro atoms. The van der Waals surface area contributed by atoms with Gasteiger partial charge in [-0.3, -0.25) is 4.79 Å². The van der Waals surface area contributed by atoms with E-state index >= 15 is 0 Å². The van der Waals surface area contributed by atoms with Crippen LogP contribution in [0.4, 0.5) is 20.2 Å². The van der Waals surface area contributed by atoms with Crippen LogP contribution in [0.25, 0.3) is 0 Å². The van der Waals surface area contributed by atoms with E-state index in [0.717, 1.165) is 24.5 Å². The second-order valence-corrected chi connectivity index (χ2v) is 5.43. The van der Waals surface area contributed by atoms with E-state index in [4.69, 9.17) is 0 Å². The van der Waals surface area contributed by atoms with Gasteiger partial charge in [-0.2, -0.15) is 8.78 Å². The van der Waals surface area contributed by atoms with Gasteiger partial charge in [-0.05, 0) is 43.3 Å². The van der Waals surface area contributed by atoms with Gasteiger partial charge in [0.1, 0.15) is 5.75 Å². The number of hydrogen-bond acceptors (Lipinski definition) is 3. The van der Waals surface area contributed by atoms with Crippen LogP contribution >= 0.6 is 0 Å². The van der Waals surface area contributed by atoms with Crippen molar-refractivity contribution in [2.45, 2.75) is 13.5 Å².